The number of ketones is 1. The van der Waals surface area contributed by atoms with E-state index >= 15 is 0 Å². The van der Waals surface area contributed by atoms with Gasteiger partial charge in [0.1, 0.15) is 0 Å². The Morgan fingerprint density at radius 3 is 2.67 bits per heavy atom. The predicted octanol–water partition coefficient (Wildman–Crippen LogP) is 2.58. The van der Waals surface area contributed by atoms with Gasteiger partial charge in [0.25, 0.3) is 5.69 Å². The Balaban J connectivity index is 3.22. The number of halogens is 1. The molecule has 0 bridgehead atoms. The van der Waals surface area contributed by atoms with Crippen LogP contribution in [0.2, 0.25) is 0 Å². The quantitative estimate of drug-likeness (QED) is 0.344. The summed E-state index contributed by atoms with van der Waals surface area (Å²) >= 11 is 5.37. The summed E-state index contributed by atoms with van der Waals surface area (Å²) < 4.78 is 0. The van der Waals surface area contributed by atoms with E-state index in [0.717, 1.165) is 0 Å². The van der Waals surface area contributed by atoms with Crippen LogP contribution in [0.1, 0.15) is 22.8 Å². The molecule has 0 saturated heterocycles. The highest BCUT2D eigenvalue weighted by atomic mass is 35.5. The van der Waals surface area contributed by atoms with E-state index in [-0.39, 0.29) is 22.9 Å². The van der Waals surface area contributed by atoms with E-state index in [1.165, 1.54) is 6.07 Å². The molecule has 0 radical (unpaired) electrons. The molecule has 0 saturated carbocycles. The Bertz CT molecular complexity index is 404. The Morgan fingerprint density at radius 2 is 2.20 bits per heavy atom. The van der Waals surface area contributed by atoms with Crippen molar-refractivity contribution in [2.45, 2.75) is 13.3 Å². The van der Waals surface area contributed by atoms with E-state index < -0.39 is 4.92 Å². The average molecular weight is 228 g/mol. The second-order valence-corrected chi connectivity index (χ2v) is 3.28. The highest BCUT2D eigenvalue weighted by Gasteiger charge is 2.15. The van der Waals surface area contributed by atoms with Crippen LogP contribution >= 0.6 is 11.6 Å². The van der Waals surface area contributed by atoms with Gasteiger partial charge in [-0.05, 0) is 6.42 Å². The van der Waals surface area contributed by atoms with E-state index in [0.29, 0.717) is 12.0 Å². The minimum Gasteiger partial charge on any atom is -0.293 e. The molecule has 0 aliphatic carbocycles. The first kappa shape index (κ1) is 11.7. The number of nitro benzene ring substituents is 1. The number of nitrogens with zero attached hydrogens (tertiary/aromatic N) is 1. The monoisotopic (exact) mass is 227 g/mol. The van der Waals surface area contributed by atoms with Crippen molar-refractivity contribution in [1.29, 1.82) is 0 Å². The second-order valence-electron chi connectivity index (χ2n) is 3.01. The molecule has 1 aromatic carbocycles. The number of benzene rings is 1. The van der Waals surface area contributed by atoms with E-state index in [9.17, 15) is 14.9 Å². The summed E-state index contributed by atoms with van der Waals surface area (Å²) in [4.78, 5) is 21.5. The minimum atomic E-state index is -0.482. The van der Waals surface area contributed by atoms with Gasteiger partial charge in [-0.15, -0.1) is 11.6 Å². The Kier molecular flexibility index (Phi) is 3.80. The number of Topliss-reactive ketones (excluding diaryl/α,β-unsaturated/α-hetero) is 1. The van der Waals surface area contributed by atoms with E-state index in [1.807, 2.05) is 6.92 Å². The molecule has 0 N–H and O–H groups in total. The lowest BCUT2D eigenvalue weighted by molar-refractivity contribution is -0.385. The summed E-state index contributed by atoms with van der Waals surface area (Å²) in [7, 11) is 0. The van der Waals surface area contributed by atoms with Crippen molar-refractivity contribution in [3.05, 3.63) is 39.4 Å². The first-order valence-corrected chi connectivity index (χ1v) is 5.00. The second kappa shape index (κ2) is 4.89. The maximum absolute atomic E-state index is 11.2. The zero-order valence-corrected chi connectivity index (χ0v) is 8.95. The van der Waals surface area contributed by atoms with Crippen LogP contribution in [0.3, 0.4) is 0 Å². The Hall–Kier alpha value is -1.42. The normalized spacial score (nSPS) is 10.0. The smallest absolute Gasteiger partial charge is 0.273 e. The number of carbonyl (C=O) groups excluding carboxylic acids is 1. The van der Waals surface area contributed by atoms with Gasteiger partial charge in [0.2, 0.25) is 0 Å². The van der Waals surface area contributed by atoms with Gasteiger partial charge >= 0.3 is 0 Å². The fourth-order valence-electron chi connectivity index (χ4n) is 1.28. The molecule has 0 aromatic heterocycles. The zero-order chi connectivity index (χ0) is 11.4. The summed E-state index contributed by atoms with van der Waals surface area (Å²) in [5.74, 6) is -0.467. The van der Waals surface area contributed by atoms with Crippen LogP contribution in [0.5, 0.6) is 0 Å². The van der Waals surface area contributed by atoms with Gasteiger partial charge in [-0.3, -0.25) is 14.9 Å². The molecule has 0 fully saturated rings. The maximum Gasteiger partial charge on any atom is 0.273 e. The van der Waals surface area contributed by atoms with Crippen LogP contribution in [0.4, 0.5) is 5.69 Å². The molecule has 0 atom stereocenters. The van der Waals surface area contributed by atoms with Crippen molar-refractivity contribution in [1.82, 2.24) is 0 Å². The van der Waals surface area contributed by atoms with Crippen LogP contribution < -0.4 is 0 Å². The molecule has 80 valence electrons. The third kappa shape index (κ3) is 2.53. The van der Waals surface area contributed by atoms with E-state index in [4.69, 9.17) is 11.6 Å². The standard InChI is InChI=1S/C10H10ClNO3/c1-2-7-3-4-8(10(13)6-11)5-9(7)12(14)15/h3-5H,2,6H2,1H3. The Labute approximate surface area is 92.0 Å². The van der Waals surface area contributed by atoms with Crippen molar-refractivity contribution < 1.29 is 9.72 Å². The molecule has 0 spiro atoms. The SMILES string of the molecule is CCc1ccc(C(=O)CCl)cc1[N+](=O)[O-]. The van der Waals surface area contributed by atoms with Crippen LogP contribution in [0, 0.1) is 10.1 Å². The first-order valence-electron chi connectivity index (χ1n) is 4.46. The molecule has 0 unspecified atom stereocenters. The van der Waals surface area contributed by atoms with Crippen molar-refractivity contribution in [2.24, 2.45) is 0 Å². The summed E-state index contributed by atoms with van der Waals surface area (Å²) in [5, 5.41) is 10.7. The number of aryl methyl sites for hydroxylation is 1. The average Bonchev–Trinajstić information content (AvgIpc) is 2.27. The maximum atomic E-state index is 11.2. The molecule has 0 amide bonds. The number of hydrogen-bond donors (Lipinski definition) is 0. The van der Waals surface area contributed by atoms with Gasteiger partial charge in [0.05, 0.1) is 10.8 Å². The van der Waals surface area contributed by atoms with Gasteiger partial charge < -0.3 is 0 Å². The van der Waals surface area contributed by atoms with Gasteiger partial charge in [0, 0.05) is 17.2 Å². The third-order valence-corrected chi connectivity index (χ3v) is 2.35. The molecule has 1 rings (SSSR count). The van der Waals surface area contributed by atoms with Gasteiger partial charge in [-0.1, -0.05) is 19.1 Å². The summed E-state index contributed by atoms with van der Waals surface area (Å²) in [6.45, 7) is 1.82. The molecule has 0 aliphatic heterocycles. The molecule has 0 heterocycles. The van der Waals surface area contributed by atoms with Crippen molar-refractivity contribution >= 4 is 23.1 Å². The summed E-state index contributed by atoms with van der Waals surface area (Å²) in [6.07, 6.45) is 0.561. The minimum absolute atomic E-state index is 0.0199. The van der Waals surface area contributed by atoms with Gasteiger partial charge in [0.15, 0.2) is 5.78 Å². The highest BCUT2D eigenvalue weighted by Crippen LogP contribution is 2.21. The van der Waals surface area contributed by atoms with Gasteiger partial charge in [-0.2, -0.15) is 0 Å². The number of rotatable bonds is 4. The largest absolute Gasteiger partial charge is 0.293 e. The predicted molar refractivity (Wildman–Crippen MR) is 57.5 cm³/mol. The number of hydrogen-bond acceptors (Lipinski definition) is 3. The highest BCUT2D eigenvalue weighted by molar-refractivity contribution is 6.30. The van der Waals surface area contributed by atoms with Crippen LogP contribution in [0.15, 0.2) is 18.2 Å². The van der Waals surface area contributed by atoms with Crippen molar-refractivity contribution in [2.75, 3.05) is 5.88 Å². The summed E-state index contributed by atoms with van der Waals surface area (Å²) in [6, 6.07) is 4.44. The number of alkyl halides is 1. The van der Waals surface area contributed by atoms with Gasteiger partial charge in [-0.25, -0.2) is 0 Å². The lowest BCUT2D eigenvalue weighted by Gasteiger charge is -2.02. The molecule has 1 aromatic rings. The van der Waals surface area contributed by atoms with Crippen molar-refractivity contribution in [3.63, 3.8) is 0 Å². The van der Waals surface area contributed by atoms with E-state index in [2.05, 4.69) is 0 Å². The molecule has 4 nitrogen and oxygen atoms in total. The molecular formula is C10H10ClNO3. The zero-order valence-electron chi connectivity index (χ0n) is 8.20. The number of nitro groups is 1. The summed E-state index contributed by atoms with van der Waals surface area (Å²) in [5.41, 5.74) is 0.883. The Morgan fingerprint density at radius 1 is 1.53 bits per heavy atom. The number of carbonyl (C=O) groups is 1. The fourth-order valence-corrected chi connectivity index (χ4v) is 1.44. The molecule has 5 heteroatoms. The third-order valence-electron chi connectivity index (χ3n) is 2.11. The first-order chi connectivity index (χ1) is 7.10. The molecule has 0 aliphatic rings. The van der Waals surface area contributed by atoms with Crippen LogP contribution in [0.25, 0.3) is 0 Å². The van der Waals surface area contributed by atoms with Crippen LogP contribution in [-0.4, -0.2) is 16.6 Å². The molecular weight excluding hydrogens is 218 g/mol. The molecule has 15 heavy (non-hydrogen) atoms. The lowest BCUT2D eigenvalue weighted by atomic mass is 10.1. The van der Waals surface area contributed by atoms with Crippen LogP contribution in [-0.2, 0) is 6.42 Å². The van der Waals surface area contributed by atoms with Crippen molar-refractivity contribution in [3.8, 4) is 0 Å². The van der Waals surface area contributed by atoms with E-state index in [1.54, 1.807) is 12.1 Å². The topological polar surface area (TPSA) is 60.2 Å². The lowest BCUT2D eigenvalue weighted by Crippen LogP contribution is -2.03. The fraction of sp³-hybridized carbons (Fsp3) is 0.300.